The van der Waals surface area contributed by atoms with Crippen LogP contribution < -0.4 is 58.5 Å². The zero-order chi connectivity index (χ0) is 71.2. The summed E-state index contributed by atoms with van der Waals surface area (Å²) in [7, 11) is 0. The Bertz CT molecular complexity index is 2020. The molecule has 0 aromatic rings. The second-order valence-electron chi connectivity index (χ2n) is 27.4. The summed E-state index contributed by atoms with van der Waals surface area (Å²) < 4.78 is 0. The summed E-state index contributed by atoms with van der Waals surface area (Å²) >= 11 is 0. The molecular formula is C69H136N14O9. The summed E-state index contributed by atoms with van der Waals surface area (Å²) in [6.07, 6.45) is 2.47. The van der Waals surface area contributed by atoms with E-state index >= 15 is 0 Å². The summed E-state index contributed by atoms with van der Waals surface area (Å²) in [5.74, 6) is 0.375. The van der Waals surface area contributed by atoms with Crippen molar-refractivity contribution in [2.75, 3.05) is 118 Å². The standard InChI is InChI=1S/C26H51N5O3.C25H49N5O3.C18H36N4O3/c1-18(2)22(9)27-12-10-11-23(30-26(34)21(7)8)17-31(15-13-28-24(32)19(3)4)16-14-29-25(33)20(5)6;1-17(2)21(9)26-11-10-22(29-25(33)20(7)8)16-30(14-12-27-23(31)18(3)4)15-13-28-24(32)19(5)6;1-13(2)16(23)19-7-10-22(11-8-20-17(24)14(3)4)12-9-21-18(25)15(5)6/h18-21,23,27H,9-17H2,1-8H3,(H,28,32)(H,29,33)(H,30,34);17-20,22,26H,9-16H2,1-8H3,(H,27,31)(H,28,32)(H,29,33);13-15H,7-12H2,1-6H3,(H,19,23)(H,20,24)(H,21,25). The molecule has 11 N–H and O–H groups in total. The average molecular weight is 1310 g/mol. The lowest BCUT2D eigenvalue weighted by Gasteiger charge is -2.29. The number of nitrogens with one attached hydrogen (secondary N) is 11. The molecule has 0 fully saturated rings. The van der Waals surface area contributed by atoms with Crippen molar-refractivity contribution >= 4 is 53.2 Å². The molecule has 536 valence electrons. The molecule has 0 spiro atoms. The van der Waals surface area contributed by atoms with Crippen molar-refractivity contribution < 1.29 is 43.2 Å². The van der Waals surface area contributed by atoms with Gasteiger partial charge in [-0.25, -0.2) is 0 Å². The maximum absolute atomic E-state index is 12.4. The number of hydrogen-bond acceptors (Lipinski definition) is 14. The monoisotopic (exact) mass is 1310 g/mol. The maximum Gasteiger partial charge on any atom is 0.222 e. The maximum atomic E-state index is 12.4. The molecule has 2 unspecified atom stereocenters. The molecule has 0 radical (unpaired) electrons. The Labute approximate surface area is 558 Å². The van der Waals surface area contributed by atoms with E-state index in [1.807, 2.05) is 125 Å². The zero-order valence-corrected chi connectivity index (χ0v) is 61.8. The number of rotatable bonds is 47. The first kappa shape index (κ1) is 90.4. The summed E-state index contributed by atoms with van der Waals surface area (Å²) in [4.78, 5) is 114. The number of carbonyl (C=O) groups is 9. The molecule has 0 aliphatic heterocycles. The lowest BCUT2D eigenvalue weighted by molar-refractivity contribution is -0.125. The molecule has 0 aromatic carbocycles. The van der Waals surface area contributed by atoms with Gasteiger partial charge in [-0.2, -0.15) is 0 Å². The van der Waals surface area contributed by atoms with Gasteiger partial charge in [-0.1, -0.05) is 165 Å². The topological polar surface area (TPSA) is 296 Å². The number of nitrogens with zero attached hydrogens (tertiary/aromatic N) is 3. The van der Waals surface area contributed by atoms with Crippen molar-refractivity contribution in [3.05, 3.63) is 24.6 Å². The first-order chi connectivity index (χ1) is 42.8. The van der Waals surface area contributed by atoms with Gasteiger partial charge in [0.05, 0.1) is 0 Å². The Morgan fingerprint density at radius 1 is 0.250 bits per heavy atom. The van der Waals surface area contributed by atoms with Crippen LogP contribution in [0.25, 0.3) is 0 Å². The van der Waals surface area contributed by atoms with Crippen LogP contribution in [0.3, 0.4) is 0 Å². The van der Waals surface area contributed by atoms with Crippen LogP contribution in [0.4, 0.5) is 0 Å². The van der Waals surface area contributed by atoms with E-state index in [-0.39, 0.29) is 119 Å². The number of amides is 9. The minimum atomic E-state index is -0.102. The third-order valence-electron chi connectivity index (χ3n) is 14.8. The van der Waals surface area contributed by atoms with Crippen LogP contribution in [0.15, 0.2) is 24.6 Å². The van der Waals surface area contributed by atoms with E-state index in [2.05, 4.69) is 114 Å². The van der Waals surface area contributed by atoms with Gasteiger partial charge >= 0.3 is 0 Å². The predicted octanol–water partition coefficient (Wildman–Crippen LogP) is 5.24. The number of allylic oxidation sites excluding steroid dienone is 2. The Morgan fingerprint density at radius 3 is 0.674 bits per heavy atom. The Hall–Kier alpha value is -5.81. The van der Waals surface area contributed by atoms with Gasteiger partial charge in [0.15, 0.2) is 0 Å². The molecule has 0 bridgehead atoms. The molecule has 0 aliphatic rings. The lowest BCUT2D eigenvalue weighted by Crippen LogP contribution is -2.49. The van der Waals surface area contributed by atoms with Gasteiger partial charge < -0.3 is 58.5 Å². The van der Waals surface area contributed by atoms with Gasteiger partial charge in [0.2, 0.25) is 53.2 Å². The smallest absolute Gasteiger partial charge is 0.222 e. The highest BCUT2D eigenvalue weighted by Crippen LogP contribution is 2.09. The quantitative estimate of drug-likeness (QED) is 0.0348. The van der Waals surface area contributed by atoms with Gasteiger partial charge in [0, 0.05) is 195 Å². The highest BCUT2D eigenvalue weighted by molar-refractivity contribution is 5.81. The van der Waals surface area contributed by atoms with E-state index in [1.54, 1.807) is 0 Å². The van der Waals surface area contributed by atoms with Crippen LogP contribution in [0.2, 0.25) is 0 Å². The summed E-state index contributed by atoms with van der Waals surface area (Å²) in [6.45, 7) is 61.2. The molecule has 0 aliphatic carbocycles. The second kappa shape index (κ2) is 52.6. The molecule has 0 rings (SSSR count). The molecule has 0 saturated heterocycles. The lowest BCUT2D eigenvalue weighted by atomic mass is 10.1. The van der Waals surface area contributed by atoms with E-state index < -0.39 is 0 Å². The average Bonchev–Trinajstić information content (AvgIpc) is 1.86. The third kappa shape index (κ3) is 48.9. The van der Waals surface area contributed by atoms with Gasteiger partial charge in [-0.3, -0.25) is 57.9 Å². The van der Waals surface area contributed by atoms with E-state index in [4.69, 9.17) is 0 Å². The van der Waals surface area contributed by atoms with Crippen LogP contribution >= 0.6 is 0 Å². The van der Waals surface area contributed by atoms with E-state index in [9.17, 15) is 43.2 Å². The van der Waals surface area contributed by atoms with Crippen LogP contribution in [-0.2, 0) is 43.2 Å². The summed E-state index contributed by atoms with van der Waals surface area (Å²) in [5, 5.41) is 33.6. The Kier molecular flexibility index (Phi) is 51.6. The highest BCUT2D eigenvalue weighted by atomic mass is 16.2. The number of hydrogen-bond donors (Lipinski definition) is 11. The summed E-state index contributed by atoms with van der Waals surface area (Å²) in [5.41, 5.74) is 2.00. The molecular weight excluding hydrogens is 1170 g/mol. The van der Waals surface area contributed by atoms with Gasteiger partial charge in [0.25, 0.3) is 0 Å². The highest BCUT2D eigenvalue weighted by Gasteiger charge is 2.22. The zero-order valence-electron chi connectivity index (χ0n) is 61.8. The van der Waals surface area contributed by atoms with E-state index in [0.29, 0.717) is 123 Å². The minimum absolute atomic E-state index is 0.0175. The van der Waals surface area contributed by atoms with Crippen molar-refractivity contribution in [3.8, 4) is 0 Å². The predicted molar refractivity (Wildman–Crippen MR) is 376 cm³/mol. The molecule has 23 heteroatoms. The fraction of sp³-hybridized carbons (Fsp3) is 0.812. The van der Waals surface area contributed by atoms with Crippen molar-refractivity contribution in [2.24, 2.45) is 65.1 Å². The fourth-order valence-electron chi connectivity index (χ4n) is 7.90. The molecule has 0 saturated carbocycles. The van der Waals surface area contributed by atoms with Crippen molar-refractivity contribution in [2.45, 2.75) is 184 Å². The number of carbonyl (C=O) groups excluding carboxylic acids is 9. The Morgan fingerprint density at radius 2 is 0.457 bits per heavy atom. The summed E-state index contributed by atoms with van der Waals surface area (Å²) in [6, 6.07) is -0.0837. The van der Waals surface area contributed by atoms with E-state index in [1.165, 1.54) is 0 Å². The second-order valence-corrected chi connectivity index (χ2v) is 27.4. The normalized spacial score (nSPS) is 12.1. The minimum Gasteiger partial charge on any atom is -0.389 e. The van der Waals surface area contributed by atoms with E-state index in [0.717, 1.165) is 37.2 Å². The SMILES string of the molecule is C=C(NCCC(CN(CCNC(=O)C(C)C)CCNC(=O)C(C)C)NC(=O)C(C)C)C(C)C.C=C(NCCCC(CN(CCNC(=O)C(C)C)CCNC(=O)C(C)C)NC(=O)C(C)C)C(C)C.CC(C)C(=O)NCCN(CCNC(=O)C(C)C)CCNC(=O)C(C)C. The third-order valence-corrected chi connectivity index (χ3v) is 14.8. The molecule has 0 heterocycles. The van der Waals surface area contributed by atoms with Crippen molar-refractivity contribution in [3.63, 3.8) is 0 Å². The molecule has 2 atom stereocenters. The molecule has 92 heavy (non-hydrogen) atoms. The fourth-order valence-corrected chi connectivity index (χ4v) is 7.90. The van der Waals surface area contributed by atoms with Gasteiger partial charge in [-0.05, 0) is 31.1 Å². The first-order valence-electron chi connectivity index (χ1n) is 34.4. The van der Waals surface area contributed by atoms with Crippen LogP contribution in [0.1, 0.15) is 172 Å². The Balaban J connectivity index is -0.00000131. The molecule has 9 amide bonds. The first-order valence-corrected chi connectivity index (χ1v) is 34.4. The van der Waals surface area contributed by atoms with Gasteiger partial charge in [0.1, 0.15) is 0 Å². The molecule has 0 aromatic heterocycles. The van der Waals surface area contributed by atoms with Crippen LogP contribution in [0.5, 0.6) is 0 Å². The molecule has 23 nitrogen and oxygen atoms in total. The van der Waals surface area contributed by atoms with Crippen LogP contribution in [0, 0.1) is 65.1 Å². The van der Waals surface area contributed by atoms with Crippen molar-refractivity contribution in [1.82, 2.24) is 73.2 Å². The largest absolute Gasteiger partial charge is 0.389 e. The van der Waals surface area contributed by atoms with Gasteiger partial charge in [-0.15, -0.1) is 0 Å². The van der Waals surface area contributed by atoms with Crippen molar-refractivity contribution in [1.29, 1.82) is 0 Å². The van der Waals surface area contributed by atoms with Crippen LogP contribution in [-0.4, -0.2) is 198 Å².